The Balaban J connectivity index is 1.65. The molecular formula is C32H26N2O5S. The molecule has 0 aliphatic carbocycles. The van der Waals surface area contributed by atoms with Crippen molar-refractivity contribution in [1.82, 2.24) is 4.90 Å². The number of carboxylic acids is 1. The van der Waals surface area contributed by atoms with Crippen LogP contribution in [0, 0.1) is 24.2 Å². The van der Waals surface area contributed by atoms with Crippen LogP contribution < -0.4 is 4.74 Å². The van der Waals surface area contributed by atoms with Gasteiger partial charge in [0.15, 0.2) is 12.4 Å². The molecule has 4 unspecified atom stereocenters. The monoisotopic (exact) mass is 550 g/mol. The lowest BCUT2D eigenvalue weighted by molar-refractivity contribution is -0.151. The van der Waals surface area contributed by atoms with Crippen molar-refractivity contribution in [3.8, 4) is 11.8 Å². The number of nitriles is 1. The van der Waals surface area contributed by atoms with Crippen molar-refractivity contribution >= 4 is 29.0 Å². The Labute approximate surface area is 235 Å². The third-order valence-corrected chi connectivity index (χ3v) is 8.18. The number of thiophene rings is 1. The van der Waals surface area contributed by atoms with Crippen molar-refractivity contribution in [1.29, 1.82) is 5.26 Å². The summed E-state index contributed by atoms with van der Waals surface area (Å²) in [5, 5.41) is 21.7. The van der Waals surface area contributed by atoms with E-state index in [0.29, 0.717) is 27.3 Å². The molecule has 40 heavy (non-hydrogen) atoms. The highest BCUT2D eigenvalue weighted by atomic mass is 32.1. The number of rotatable bonds is 8. The third-order valence-electron chi connectivity index (χ3n) is 7.20. The summed E-state index contributed by atoms with van der Waals surface area (Å²) in [4.78, 5) is 43.1. The summed E-state index contributed by atoms with van der Waals surface area (Å²) in [6.45, 7) is 1.52. The van der Waals surface area contributed by atoms with E-state index in [2.05, 4.69) is 6.07 Å². The van der Waals surface area contributed by atoms with E-state index >= 15 is 0 Å². The molecule has 3 aromatic carbocycles. The summed E-state index contributed by atoms with van der Waals surface area (Å²) in [5.41, 5.74) is 2.41. The van der Waals surface area contributed by atoms with Crippen molar-refractivity contribution in [3.63, 3.8) is 0 Å². The van der Waals surface area contributed by atoms with E-state index in [4.69, 9.17) is 4.74 Å². The molecule has 1 aromatic heterocycles. The van der Waals surface area contributed by atoms with Gasteiger partial charge in [-0.3, -0.25) is 9.59 Å². The maximum absolute atomic E-state index is 14.3. The minimum atomic E-state index is -1.31. The van der Waals surface area contributed by atoms with E-state index in [0.717, 1.165) is 5.56 Å². The highest BCUT2D eigenvalue weighted by Crippen LogP contribution is 2.52. The van der Waals surface area contributed by atoms with Crippen LogP contribution in [0.5, 0.6) is 5.75 Å². The van der Waals surface area contributed by atoms with Gasteiger partial charge in [-0.05, 0) is 48.2 Å². The van der Waals surface area contributed by atoms with Crippen molar-refractivity contribution in [2.45, 2.75) is 24.9 Å². The zero-order valence-electron chi connectivity index (χ0n) is 21.6. The minimum absolute atomic E-state index is 0.252. The molecule has 1 aliphatic rings. The lowest BCUT2D eigenvalue weighted by Gasteiger charge is -2.30. The van der Waals surface area contributed by atoms with E-state index < -0.39 is 42.4 Å². The lowest BCUT2D eigenvalue weighted by atomic mass is 9.78. The van der Waals surface area contributed by atoms with Gasteiger partial charge in [-0.1, -0.05) is 66.2 Å². The summed E-state index contributed by atoms with van der Waals surface area (Å²) >= 11 is 1.36. The van der Waals surface area contributed by atoms with Gasteiger partial charge < -0.3 is 14.7 Å². The first-order valence-corrected chi connectivity index (χ1v) is 13.6. The number of ketones is 1. The van der Waals surface area contributed by atoms with Crippen LogP contribution in [-0.2, 0) is 9.59 Å². The fourth-order valence-electron chi connectivity index (χ4n) is 5.38. The molecule has 200 valence electrons. The number of aryl methyl sites for hydroxylation is 1. The summed E-state index contributed by atoms with van der Waals surface area (Å²) in [5.74, 6) is -3.23. The SMILES string of the molecule is Cc1ccc(C(=O)C2C(c3cccs3)C(C(=O)O)N(C(=O)COc3ccccc3)C2c2ccc(C#N)cc2)cc1. The molecule has 1 fully saturated rings. The van der Waals surface area contributed by atoms with Crippen LogP contribution in [0.2, 0.25) is 0 Å². The van der Waals surface area contributed by atoms with Crippen LogP contribution in [0.15, 0.2) is 96.4 Å². The van der Waals surface area contributed by atoms with Gasteiger partial charge in [-0.15, -0.1) is 11.3 Å². The average Bonchev–Trinajstić information content (AvgIpc) is 3.63. The standard InChI is InChI=1S/C32H26N2O5S/c1-20-9-13-23(14-10-20)31(36)28-27(25-8-5-17-40-25)30(32(37)38)34(26(35)19-39-24-6-3-2-4-7-24)29(28)22-15-11-21(18-33)12-16-22/h2-17,27-30H,19H2,1H3,(H,37,38). The number of carbonyl (C=O) groups excluding carboxylic acids is 2. The molecular weight excluding hydrogens is 524 g/mol. The number of ether oxygens (including phenoxy) is 1. The third kappa shape index (κ3) is 5.24. The number of hydrogen-bond acceptors (Lipinski definition) is 6. The molecule has 8 heteroatoms. The fraction of sp³-hybridized carbons (Fsp3) is 0.188. The van der Waals surface area contributed by atoms with Gasteiger partial charge in [0.1, 0.15) is 11.8 Å². The summed E-state index contributed by atoms with van der Waals surface area (Å²) in [6.07, 6.45) is 0. The Morgan fingerprint density at radius 3 is 2.25 bits per heavy atom. The normalized spacial score (nSPS) is 20.1. The van der Waals surface area contributed by atoms with Crippen LogP contribution in [0.1, 0.15) is 43.9 Å². The molecule has 1 N–H and O–H groups in total. The molecule has 0 spiro atoms. The Morgan fingerprint density at radius 1 is 0.950 bits per heavy atom. The quantitative estimate of drug-likeness (QED) is 0.285. The highest BCUT2D eigenvalue weighted by Gasteiger charge is 2.58. The molecule has 0 bridgehead atoms. The van der Waals surface area contributed by atoms with Crippen molar-refractivity contribution < 1.29 is 24.2 Å². The van der Waals surface area contributed by atoms with Crippen molar-refractivity contribution in [3.05, 3.63) is 124 Å². The Hall–Kier alpha value is -4.74. The van der Waals surface area contributed by atoms with Gasteiger partial charge in [0.05, 0.1) is 23.6 Å². The average molecular weight is 551 g/mol. The maximum Gasteiger partial charge on any atom is 0.327 e. The number of likely N-dealkylation sites (tertiary alicyclic amines) is 1. The van der Waals surface area contributed by atoms with Crippen molar-refractivity contribution in [2.24, 2.45) is 5.92 Å². The molecule has 1 aliphatic heterocycles. The zero-order valence-corrected chi connectivity index (χ0v) is 22.5. The maximum atomic E-state index is 14.3. The topological polar surface area (TPSA) is 108 Å². The molecule has 5 rings (SSSR count). The van der Waals surface area contributed by atoms with Gasteiger partial charge in [-0.25, -0.2) is 4.79 Å². The highest BCUT2D eigenvalue weighted by molar-refractivity contribution is 7.10. The molecule has 1 amide bonds. The van der Waals surface area contributed by atoms with Crippen LogP contribution in [-0.4, -0.2) is 40.3 Å². The number of hydrogen-bond donors (Lipinski definition) is 1. The van der Waals surface area contributed by atoms with E-state index in [1.54, 1.807) is 60.7 Å². The summed E-state index contributed by atoms with van der Waals surface area (Å²) < 4.78 is 5.74. The van der Waals surface area contributed by atoms with E-state index in [-0.39, 0.29) is 5.78 Å². The van der Waals surface area contributed by atoms with E-state index in [9.17, 15) is 24.8 Å². The second-order valence-electron chi connectivity index (χ2n) is 9.66. The van der Waals surface area contributed by atoms with E-state index in [1.165, 1.54) is 16.2 Å². The van der Waals surface area contributed by atoms with Gasteiger partial charge in [0.25, 0.3) is 5.91 Å². The smallest absolute Gasteiger partial charge is 0.327 e. The van der Waals surface area contributed by atoms with Crippen LogP contribution in [0.25, 0.3) is 0 Å². The molecule has 4 aromatic rings. The van der Waals surface area contributed by atoms with Gasteiger partial charge in [0.2, 0.25) is 0 Å². The number of amides is 1. The largest absolute Gasteiger partial charge is 0.484 e. The molecule has 2 heterocycles. The fourth-order valence-corrected chi connectivity index (χ4v) is 6.29. The predicted molar refractivity (Wildman–Crippen MR) is 150 cm³/mol. The second-order valence-corrected chi connectivity index (χ2v) is 10.6. The number of Topliss-reactive ketones (excluding diaryl/α,β-unsaturated/α-hetero) is 1. The molecule has 1 saturated heterocycles. The molecule has 0 radical (unpaired) electrons. The summed E-state index contributed by atoms with van der Waals surface area (Å²) in [7, 11) is 0. The number of nitrogens with zero attached hydrogens (tertiary/aromatic N) is 2. The van der Waals surface area contributed by atoms with Gasteiger partial charge >= 0.3 is 5.97 Å². The molecule has 4 atom stereocenters. The Morgan fingerprint density at radius 2 is 1.65 bits per heavy atom. The molecule has 0 saturated carbocycles. The second kappa shape index (κ2) is 11.6. The summed E-state index contributed by atoms with van der Waals surface area (Å²) in [6, 6.07) is 26.0. The first kappa shape index (κ1) is 26.9. The van der Waals surface area contributed by atoms with Gasteiger partial charge in [0, 0.05) is 16.4 Å². The number of carboxylic acid groups (broad SMARTS) is 1. The van der Waals surface area contributed by atoms with Gasteiger partial charge in [-0.2, -0.15) is 5.26 Å². The van der Waals surface area contributed by atoms with Crippen LogP contribution in [0.3, 0.4) is 0 Å². The van der Waals surface area contributed by atoms with Crippen molar-refractivity contribution in [2.75, 3.05) is 6.61 Å². The zero-order chi connectivity index (χ0) is 28.2. The van der Waals surface area contributed by atoms with Crippen LogP contribution in [0.4, 0.5) is 0 Å². The number of carbonyl (C=O) groups is 3. The number of aliphatic carboxylic acids is 1. The first-order chi connectivity index (χ1) is 19.4. The van der Waals surface area contributed by atoms with E-state index in [1.807, 2.05) is 42.6 Å². The Bertz CT molecular complexity index is 1540. The number of benzene rings is 3. The first-order valence-electron chi connectivity index (χ1n) is 12.7. The van der Waals surface area contributed by atoms with Crippen LogP contribution >= 0.6 is 11.3 Å². The lowest BCUT2D eigenvalue weighted by Crippen LogP contribution is -2.45. The number of para-hydroxylation sites is 1. The Kier molecular flexibility index (Phi) is 7.76. The predicted octanol–water partition coefficient (Wildman–Crippen LogP) is 5.63. The minimum Gasteiger partial charge on any atom is -0.484 e. The molecule has 7 nitrogen and oxygen atoms in total.